The largest absolute Gasteiger partial charge is 0.0616 e. The first-order valence-corrected chi connectivity index (χ1v) is 8.95. The molecule has 3 aromatic rings. The molecule has 26 heavy (non-hydrogen) atoms. The Morgan fingerprint density at radius 1 is 0.462 bits per heavy atom. The Labute approximate surface area is 154 Å². The molecule has 0 saturated carbocycles. The number of allylic oxidation sites excluding steroid dienone is 4. The molecule has 2 aliphatic carbocycles. The van der Waals surface area contributed by atoms with Crippen LogP contribution in [0.2, 0.25) is 0 Å². The Kier molecular flexibility index (Phi) is 3.54. The van der Waals surface area contributed by atoms with Crippen molar-refractivity contribution in [2.45, 2.75) is 0 Å². The smallest absolute Gasteiger partial charge is 0.0111 e. The Morgan fingerprint density at radius 2 is 0.962 bits per heavy atom. The van der Waals surface area contributed by atoms with E-state index in [4.69, 9.17) is 0 Å². The molecule has 0 bridgehead atoms. The first kappa shape index (κ1) is 14.9. The highest BCUT2D eigenvalue weighted by Gasteiger charge is 2.10. The van der Waals surface area contributed by atoms with Gasteiger partial charge < -0.3 is 0 Å². The van der Waals surface area contributed by atoms with Gasteiger partial charge in [0.15, 0.2) is 0 Å². The maximum absolute atomic E-state index is 2.27. The van der Waals surface area contributed by atoms with Gasteiger partial charge in [0.2, 0.25) is 0 Å². The van der Waals surface area contributed by atoms with Crippen molar-refractivity contribution in [1.29, 1.82) is 0 Å². The highest BCUT2D eigenvalue weighted by Crippen LogP contribution is 2.32. The third kappa shape index (κ3) is 2.66. The van der Waals surface area contributed by atoms with Crippen LogP contribution in [0.15, 0.2) is 84.9 Å². The molecule has 0 fully saturated rings. The second-order valence-electron chi connectivity index (χ2n) is 6.71. The van der Waals surface area contributed by atoms with E-state index in [1.165, 1.54) is 44.5 Å². The molecular weight excluding hydrogens is 312 g/mol. The predicted molar refractivity (Wildman–Crippen MR) is 113 cm³/mol. The lowest BCUT2D eigenvalue weighted by atomic mass is 10.0. The summed E-state index contributed by atoms with van der Waals surface area (Å²) in [5.41, 5.74) is 10.2. The lowest BCUT2D eigenvalue weighted by Gasteiger charge is -2.04. The number of hydrogen-bond donors (Lipinski definition) is 0. The van der Waals surface area contributed by atoms with Gasteiger partial charge in [-0.2, -0.15) is 0 Å². The van der Waals surface area contributed by atoms with E-state index >= 15 is 0 Å². The van der Waals surface area contributed by atoms with Gasteiger partial charge in [0.1, 0.15) is 0 Å². The van der Waals surface area contributed by atoms with Gasteiger partial charge in [-0.3, -0.25) is 0 Å². The third-order valence-corrected chi connectivity index (χ3v) is 4.98. The van der Waals surface area contributed by atoms with Crippen molar-refractivity contribution in [2.24, 2.45) is 0 Å². The van der Waals surface area contributed by atoms with Crippen LogP contribution in [0.3, 0.4) is 0 Å². The van der Waals surface area contributed by atoms with Crippen molar-refractivity contribution in [3.8, 4) is 0 Å². The molecule has 0 atom stereocenters. The standard InChI is InChI=1S/C26H18/c1-3-10-25-21(8-1)12-14-23(25)17-19-6-5-7-20(16-19)18-24-15-13-22-9-2-4-11-26(22)24/h1-18H/b23-17-,24-18+. The summed E-state index contributed by atoms with van der Waals surface area (Å²) in [6.07, 6.45) is 13.3. The van der Waals surface area contributed by atoms with Gasteiger partial charge in [0, 0.05) is 0 Å². The molecule has 0 heterocycles. The van der Waals surface area contributed by atoms with E-state index < -0.39 is 0 Å². The Bertz CT molecular complexity index is 1030. The topological polar surface area (TPSA) is 0 Å². The number of fused-ring (bicyclic) bond motifs is 2. The average molecular weight is 330 g/mol. The SMILES string of the molecule is C1=Cc2ccccc2/C1=C\c1cccc(/C=C2\C=Cc3ccccc32)c1. The quantitative estimate of drug-likeness (QED) is 0.483. The van der Waals surface area contributed by atoms with E-state index in [0.29, 0.717) is 0 Å². The van der Waals surface area contributed by atoms with Gasteiger partial charge in [-0.15, -0.1) is 0 Å². The first-order chi connectivity index (χ1) is 12.9. The van der Waals surface area contributed by atoms with Crippen molar-refractivity contribution < 1.29 is 0 Å². The van der Waals surface area contributed by atoms with Gasteiger partial charge in [-0.1, -0.05) is 91.0 Å². The molecule has 0 radical (unpaired) electrons. The summed E-state index contributed by atoms with van der Waals surface area (Å²) in [4.78, 5) is 0. The summed E-state index contributed by atoms with van der Waals surface area (Å²) in [5.74, 6) is 0. The van der Waals surface area contributed by atoms with E-state index in [9.17, 15) is 0 Å². The molecule has 122 valence electrons. The van der Waals surface area contributed by atoms with Crippen LogP contribution in [0.5, 0.6) is 0 Å². The summed E-state index contributed by atoms with van der Waals surface area (Å²) in [5, 5.41) is 0. The van der Waals surface area contributed by atoms with Gasteiger partial charge in [0.05, 0.1) is 0 Å². The molecule has 0 spiro atoms. The molecule has 5 rings (SSSR count). The van der Waals surface area contributed by atoms with Gasteiger partial charge in [-0.05, 0) is 62.7 Å². The number of rotatable bonds is 2. The molecule has 0 aliphatic heterocycles. The molecule has 2 aliphatic rings. The van der Waals surface area contributed by atoms with E-state index in [1.54, 1.807) is 0 Å². The average Bonchev–Trinajstić information content (AvgIpc) is 3.27. The van der Waals surface area contributed by atoms with Crippen LogP contribution < -0.4 is 0 Å². The Hall–Kier alpha value is -3.38. The van der Waals surface area contributed by atoms with Gasteiger partial charge >= 0.3 is 0 Å². The molecule has 0 N–H and O–H groups in total. The molecule has 0 aromatic heterocycles. The lowest BCUT2D eigenvalue weighted by molar-refractivity contribution is 1.59. The van der Waals surface area contributed by atoms with Crippen LogP contribution >= 0.6 is 0 Å². The molecule has 0 nitrogen and oxygen atoms in total. The van der Waals surface area contributed by atoms with Gasteiger partial charge in [-0.25, -0.2) is 0 Å². The zero-order chi connectivity index (χ0) is 17.3. The van der Waals surface area contributed by atoms with Crippen molar-refractivity contribution in [3.63, 3.8) is 0 Å². The molecule has 0 heteroatoms. The van der Waals surface area contributed by atoms with E-state index in [0.717, 1.165) is 0 Å². The predicted octanol–water partition coefficient (Wildman–Crippen LogP) is 6.82. The van der Waals surface area contributed by atoms with Crippen molar-refractivity contribution in [3.05, 3.63) is 118 Å². The van der Waals surface area contributed by atoms with Crippen molar-refractivity contribution in [2.75, 3.05) is 0 Å². The van der Waals surface area contributed by atoms with Crippen LogP contribution in [0, 0.1) is 0 Å². The number of hydrogen-bond acceptors (Lipinski definition) is 0. The van der Waals surface area contributed by atoms with E-state index in [2.05, 4.69) is 109 Å². The van der Waals surface area contributed by atoms with Crippen molar-refractivity contribution >= 4 is 35.5 Å². The second kappa shape index (κ2) is 6.16. The lowest BCUT2D eigenvalue weighted by Crippen LogP contribution is -1.83. The van der Waals surface area contributed by atoms with Crippen LogP contribution in [-0.4, -0.2) is 0 Å². The highest BCUT2D eigenvalue weighted by molar-refractivity contribution is 5.99. The highest BCUT2D eigenvalue weighted by atomic mass is 14.1. The van der Waals surface area contributed by atoms with Crippen LogP contribution in [0.4, 0.5) is 0 Å². The third-order valence-electron chi connectivity index (χ3n) is 4.98. The van der Waals surface area contributed by atoms with Crippen LogP contribution in [0.25, 0.3) is 35.5 Å². The fourth-order valence-corrected chi connectivity index (χ4v) is 3.70. The Morgan fingerprint density at radius 3 is 1.50 bits per heavy atom. The normalized spacial score (nSPS) is 17.1. The van der Waals surface area contributed by atoms with E-state index in [1.807, 2.05) is 0 Å². The minimum Gasteiger partial charge on any atom is -0.0616 e. The summed E-state index contributed by atoms with van der Waals surface area (Å²) in [7, 11) is 0. The minimum atomic E-state index is 1.23. The maximum Gasteiger partial charge on any atom is -0.0111 e. The van der Waals surface area contributed by atoms with Gasteiger partial charge in [0.25, 0.3) is 0 Å². The fourth-order valence-electron chi connectivity index (χ4n) is 3.70. The van der Waals surface area contributed by atoms with Crippen LogP contribution in [-0.2, 0) is 0 Å². The van der Waals surface area contributed by atoms with E-state index in [-0.39, 0.29) is 0 Å². The molecule has 0 amide bonds. The Balaban J connectivity index is 1.50. The molecular formula is C26H18. The summed E-state index contributed by atoms with van der Waals surface area (Å²) < 4.78 is 0. The molecule has 3 aromatic carbocycles. The summed E-state index contributed by atoms with van der Waals surface area (Å²) in [6, 6.07) is 25.8. The minimum absolute atomic E-state index is 1.23. The maximum atomic E-state index is 2.27. The zero-order valence-corrected chi connectivity index (χ0v) is 14.4. The van der Waals surface area contributed by atoms with Crippen LogP contribution in [0.1, 0.15) is 33.4 Å². The zero-order valence-electron chi connectivity index (χ0n) is 14.4. The number of benzene rings is 3. The first-order valence-electron chi connectivity index (χ1n) is 8.95. The van der Waals surface area contributed by atoms with Crippen molar-refractivity contribution in [1.82, 2.24) is 0 Å². The fraction of sp³-hybridized carbons (Fsp3) is 0. The molecule has 0 unspecified atom stereocenters. The summed E-state index contributed by atoms with van der Waals surface area (Å²) >= 11 is 0. The monoisotopic (exact) mass is 330 g/mol. The molecule has 0 saturated heterocycles. The summed E-state index contributed by atoms with van der Waals surface area (Å²) in [6.45, 7) is 0. The second-order valence-corrected chi connectivity index (χ2v) is 6.71.